The van der Waals surface area contributed by atoms with Crippen LogP contribution in [0.3, 0.4) is 0 Å². The van der Waals surface area contributed by atoms with Crippen LogP contribution in [0.2, 0.25) is 5.02 Å². The Morgan fingerprint density at radius 2 is 1.23 bits per heavy atom. The average molecular weight is 838 g/mol. The topological polar surface area (TPSA) is 0 Å². The van der Waals surface area contributed by atoms with Crippen molar-refractivity contribution in [3.8, 4) is 33.4 Å². The molecule has 0 spiro atoms. The third kappa shape index (κ3) is 6.72. The molecule has 0 nitrogen and oxygen atoms in total. The number of hydrogen-bond donors (Lipinski definition) is 0. The number of benzene rings is 7. The van der Waals surface area contributed by atoms with E-state index in [1.807, 2.05) is 0 Å². The van der Waals surface area contributed by atoms with Crippen LogP contribution in [0.25, 0.3) is 44.2 Å². The first kappa shape index (κ1) is 37.9. The van der Waals surface area contributed by atoms with E-state index in [1.165, 1.54) is 75.2 Å². The van der Waals surface area contributed by atoms with Gasteiger partial charge < -0.3 is 0 Å². The molecule has 0 heterocycles. The van der Waals surface area contributed by atoms with Gasteiger partial charge >= 0.3 is 351 Å². The number of rotatable bonds is 6. The van der Waals surface area contributed by atoms with E-state index in [9.17, 15) is 0 Å². The van der Waals surface area contributed by atoms with Crippen LogP contribution in [0.15, 0.2) is 167 Å². The molecule has 0 amide bonds. The molecule has 281 valence electrons. The molecule has 0 bridgehead atoms. The van der Waals surface area contributed by atoms with Crippen molar-refractivity contribution in [2.75, 3.05) is 0 Å². The molecule has 9 rings (SSSR count). The van der Waals surface area contributed by atoms with Crippen LogP contribution in [0.5, 0.6) is 0 Å². The summed E-state index contributed by atoms with van der Waals surface area (Å²) in [5.41, 5.74) is 14.9. The van der Waals surface area contributed by atoms with Crippen molar-refractivity contribution in [2.45, 2.75) is 65.2 Å². The molecule has 7 aromatic carbocycles. The van der Waals surface area contributed by atoms with Gasteiger partial charge in [0.15, 0.2) is 0 Å². The van der Waals surface area contributed by atoms with Crippen LogP contribution in [0.1, 0.15) is 75.8 Å². The summed E-state index contributed by atoms with van der Waals surface area (Å²) >= 11 is 2.30. The molecular formula is C55H50ClZr. The van der Waals surface area contributed by atoms with Crippen LogP contribution in [0.4, 0.5) is 0 Å². The first-order valence-electron chi connectivity index (χ1n) is 20.4. The van der Waals surface area contributed by atoms with Crippen molar-refractivity contribution < 1.29 is 19.8 Å². The predicted molar refractivity (Wildman–Crippen MR) is 245 cm³/mol. The maximum atomic E-state index is 6.61. The zero-order valence-electron chi connectivity index (χ0n) is 34.0. The second-order valence-corrected chi connectivity index (χ2v) is 27.3. The van der Waals surface area contributed by atoms with Gasteiger partial charge in [-0.1, -0.05) is 0 Å². The predicted octanol–water partition coefficient (Wildman–Crippen LogP) is 13.8. The van der Waals surface area contributed by atoms with Crippen molar-refractivity contribution in [3.63, 3.8) is 0 Å². The quantitative estimate of drug-likeness (QED) is 0.157. The van der Waals surface area contributed by atoms with Crippen molar-refractivity contribution >= 4 is 32.6 Å². The Kier molecular flexibility index (Phi) is 9.71. The molecule has 7 aromatic rings. The molecule has 2 aliphatic carbocycles. The van der Waals surface area contributed by atoms with Crippen LogP contribution < -0.4 is 6.54 Å². The van der Waals surface area contributed by atoms with Gasteiger partial charge in [-0.2, -0.15) is 0 Å². The van der Waals surface area contributed by atoms with Gasteiger partial charge in [-0.25, -0.2) is 0 Å². The van der Waals surface area contributed by atoms with E-state index < -0.39 is 19.8 Å². The Balaban J connectivity index is 1.51. The molecular weight excluding hydrogens is 787 g/mol. The summed E-state index contributed by atoms with van der Waals surface area (Å²) in [7, 11) is 0. The van der Waals surface area contributed by atoms with Gasteiger partial charge in [-0.3, -0.25) is 0 Å². The molecule has 0 saturated carbocycles. The fourth-order valence-corrected chi connectivity index (χ4v) is 22.8. The van der Waals surface area contributed by atoms with E-state index in [0.717, 1.165) is 17.9 Å². The van der Waals surface area contributed by atoms with Gasteiger partial charge in [-0.15, -0.1) is 0 Å². The fraction of sp³-hybridized carbons (Fsp3) is 0.182. The van der Waals surface area contributed by atoms with Gasteiger partial charge in [0.05, 0.1) is 0 Å². The van der Waals surface area contributed by atoms with Crippen molar-refractivity contribution in [1.82, 2.24) is 0 Å². The molecule has 0 aromatic heterocycles. The first-order valence-corrected chi connectivity index (χ1v) is 25.9. The molecule has 0 radical (unpaired) electrons. The second kappa shape index (κ2) is 14.6. The summed E-state index contributed by atoms with van der Waals surface area (Å²) in [5, 5.41) is 3.42. The molecule has 57 heavy (non-hydrogen) atoms. The van der Waals surface area contributed by atoms with Gasteiger partial charge in [0.25, 0.3) is 0 Å². The molecule has 0 aliphatic heterocycles. The Hall–Kier alpha value is -4.68. The third-order valence-corrected chi connectivity index (χ3v) is 24.2. The number of allylic oxidation sites excluding steroid dienone is 4. The van der Waals surface area contributed by atoms with E-state index >= 15 is 0 Å². The van der Waals surface area contributed by atoms with Gasteiger partial charge in [0.2, 0.25) is 0 Å². The molecule has 2 aliphatic rings. The third-order valence-electron chi connectivity index (χ3n) is 12.2. The summed E-state index contributed by atoms with van der Waals surface area (Å²) in [4.78, 5) is 0. The normalized spacial score (nSPS) is 14.6. The van der Waals surface area contributed by atoms with E-state index in [0.29, 0.717) is 0 Å². The molecule has 0 N–H and O–H groups in total. The van der Waals surface area contributed by atoms with Crippen LogP contribution in [-0.4, -0.2) is 3.71 Å². The van der Waals surface area contributed by atoms with Crippen molar-refractivity contribution in [1.29, 1.82) is 0 Å². The van der Waals surface area contributed by atoms with Crippen LogP contribution in [-0.2, 0) is 37.0 Å². The summed E-state index contributed by atoms with van der Waals surface area (Å²) in [6.45, 7) is 14.3. The summed E-state index contributed by atoms with van der Waals surface area (Å²) < 4.78 is 7.46. The Bertz CT molecular complexity index is 2780. The van der Waals surface area contributed by atoms with E-state index in [4.69, 9.17) is 11.6 Å². The number of halogens is 1. The molecule has 0 saturated heterocycles. The average Bonchev–Trinajstić information content (AvgIpc) is 3.88. The van der Waals surface area contributed by atoms with E-state index in [2.05, 4.69) is 209 Å². The number of fused-ring (bicyclic) bond motifs is 4. The molecule has 0 fully saturated rings. The Labute approximate surface area is 348 Å². The first-order chi connectivity index (χ1) is 27.4. The Morgan fingerprint density at radius 1 is 0.596 bits per heavy atom. The van der Waals surface area contributed by atoms with Gasteiger partial charge in [0, 0.05) is 0 Å². The van der Waals surface area contributed by atoms with E-state index in [-0.39, 0.29) is 10.8 Å². The maximum absolute atomic E-state index is 6.61. The zero-order chi connectivity index (χ0) is 39.5. The minimum atomic E-state index is -4.31. The molecule has 1 atom stereocenters. The standard InChI is InChI=1S/C33H33.C10H7.C7H5Cl.C5H5.Zr/c1-32(2,3)30-20-26-24(18-28(30)22-13-9-7-10-14-22)17-25-19-29(23-15-11-8-12-16-23)31(21-27(25)26)33(4,5)6;1-2-6-10-8-4-3-7-9(10)5-1;1-6-2-4-7(8)5-3-6;1-2-4-5-3-1;/h7-16,18,20-21H,17H2,1-6H3;1-7H;1-5H;1-3H,4H2;. The van der Waals surface area contributed by atoms with Crippen LogP contribution in [0, 0.1) is 0 Å². The SMILES string of the molecule is CC(C)(C)c1cc2c(cc1-c1ccccc1)Cc1c-2cc(C(C)(C)C)c(-c2ccccc2)[c]1[Zr](=[CH]c1ccc(Cl)cc1)([C]1=CC=CC1)[c]1cccc2ccccc12. The van der Waals surface area contributed by atoms with Crippen molar-refractivity contribution in [3.05, 3.63) is 200 Å². The van der Waals surface area contributed by atoms with Gasteiger partial charge in [0.1, 0.15) is 0 Å². The molecule has 1 unspecified atom stereocenters. The monoisotopic (exact) mass is 835 g/mol. The van der Waals surface area contributed by atoms with Gasteiger partial charge in [-0.05, 0) is 0 Å². The Morgan fingerprint density at radius 3 is 1.89 bits per heavy atom. The van der Waals surface area contributed by atoms with Crippen molar-refractivity contribution in [2.24, 2.45) is 0 Å². The minimum absolute atomic E-state index is 0.0444. The van der Waals surface area contributed by atoms with E-state index in [1.54, 1.807) is 6.55 Å². The molecule has 2 heteroatoms. The number of hydrogen-bond acceptors (Lipinski definition) is 0. The summed E-state index contributed by atoms with van der Waals surface area (Å²) in [6.07, 6.45) is 9.03. The van der Waals surface area contributed by atoms with Crippen LogP contribution >= 0.6 is 11.6 Å². The summed E-state index contributed by atoms with van der Waals surface area (Å²) in [6, 6.07) is 54.9. The summed E-state index contributed by atoms with van der Waals surface area (Å²) in [5.74, 6) is 0. The fourth-order valence-electron chi connectivity index (χ4n) is 9.62. The second-order valence-electron chi connectivity index (χ2n) is 18.0. The zero-order valence-corrected chi connectivity index (χ0v) is 37.2.